The summed E-state index contributed by atoms with van der Waals surface area (Å²) in [4.78, 5) is 12.2. The standard InChI is InChI=1S/C19H19Cl2F3N2O3S2/c1-31(28,29)26(15-4-2-3-14(10-15)19(22,23)24)11-18(27)25-7-8-30-12-13-5-6-16(20)17(21)9-13/h2-6,9-10H,7-8,11-12H2,1H3,(H,25,27). The van der Waals surface area contributed by atoms with Gasteiger partial charge < -0.3 is 5.32 Å². The van der Waals surface area contributed by atoms with E-state index in [9.17, 15) is 26.4 Å². The van der Waals surface area contributed by atoms with Crippen LogP contribution in [0.2, 0.25) is 10.0 Å². The molecule has 0 bridgehead atoms. The number of carbonyl (C=O) groups excluding carboxylic acids is 1. The molecule has 2 rings (SSSR count). The molecule has 0 saturated heterocycles. The summed E-state index contributed by atoms with van der Waals surface area (Å²) >= 11 is 13.3. The van der Waals surface area contributed by atoms with Gasteiger partial charge in [0.05, 0.1) is 27.6 Å². The molecule has 0 aliphatic carbocycles. The highest BCUT2D eigenvalue weighted by atomic mass is 35.5. The number of sulfonamides is 1. The summed E-state index contributed by atoms with van der Waals surface area (Å²) in [5.74, 6) is 0.541. The second kappa shape index (κ2) is 10.8. The maximum Gasteiger partial charge on any atom is 0.416 e. The molecule has 0 radical (unpaired) electrons. The molecule has 0 aromatic heterocycles. The first-order valence-corrected chi connectivity index (χ1v) is 12.6. The van der Waals surface area contributed by atoms with Crippen LogP contribution < -0.4 is 9.62 Å². The largest absolute Gasteiger partial charge is 0.416 e. The van der Waals surface area contributed by atoms with E-state index in [1.807, 2.05) is 6.07 Å². The highest BCUT2D eigenvalue weighted by molar-refractivity contribution is 7.98. The molecule has 1 N–H and O–H groups in total. The molecule has 1 amide bonds. The molecule has 0 saturated carbocycles. The molecule has 2 aromatic carbocycles. The van der Waals surface area contributed by atoms with Crippen LogP contribution in [0.5, 0.6) is 0 Å². The van der Waals surface area contributed by atoms with Crippen LogP contribution in [0.15, 0.2) is 42.5 Å². The number of hydrogen-bond donors (Lipinski definition) is 1. The van der Waals surface area contributed by atoms with Gasteiger partial charge >= 0.3 is 6.18 Å². The molecule has 2 aromatic rings. The lowest BCUT2D eigenvalue weighted by atomic mass is 10.2. The van der Waals surface area contributed by atoms with Crippen molar-refractivity contribution in [2.45, 2.75) is 11.9 Å². The molecule has 0 heterocycles. The number of thioether (sulfide) groups is 1. The van der Waals surface area contributed by atoms with E-state index in [4.69, 9.17) is 23.2 Å². The lowest BCUT2D eigenvalue weighted by molar-refractivity contribution is -0.137. The van der Waals surface area contributed by atoms with Crippen LogP contribution in [0.1, 0.15) is 11.1 Å². The van der Waals surface area contributed by atoms with E-state index in [0.29, 0.717) is 31.9 Å². The highest BCUT2D eigenvalue weighted by Gasteiger charge is 2.31. The SMILES string of the molecule is CS(=O)(=O)N(CC(=O)NCCSCc1ccc(Cl)c(Cl)c1)c1cccc(C(F)(F)F)c1. The number of alkyl halides is 3. The molecule has 0 aliphatic heterocycles. The number of halogens is 5. The first-order valence-electron chi connectivity index (χ1n) is 8.81. The van der Waals surface area contributed by atoms with Crippen LogP contribution in [-0.4, -0.2) is 39.4 Å². The van der Waals surface area contributed by atoms with Crippen molar-refractivity contribution in [2.75, 3.05) is 29.4 Å². The molecule has 31 heavy (non-hydrogen) atoms. The van der Waals surface area contributed by atoms with E-state index in [1.165, 1.54) is 17.8 Å². The summed E-state index contributed by atoms with van der Waals surface area (Å²) in [6, 6.07) is 9.09. The number of nitrogens with zero attached hydrogens (tertiary/aromatic N) is 1. The minimum Gasteiger partial charge on any atom is -0.354 e. The molecular weight excluding hydrogens is 496 g/mol. The highest BCUT2D eigenvalue weighted by Crippen LogP contribution is 2.32. The smallest absolute Gasteiger partial charge is 0.354 e. The summed E-state index contributed by atoms with van der Waals surface area (Å²) in [5.41, 5.74) is -0.280. The van der Waals surface area contributed by atoms with Crippen molar-refractivity contribution in [1.82, 2.24) is 5.32 Å². The van der Waals surface area contributed by atoms with Gasteiger partial charge in [-0.3, -0.25) is 9.10 Å². The molecule has 12 heteroatoms. The minimum absolute atomic E-state index is 0.235. The first kappa shape index (κ1) is 25.6. The van der Waals surface area contributed by atoms with E-state index in [1.54, 1.807) is 12.1 Å². The van der Waals surface area contributed by atoms with Crippen molar-refractivity contribution in [1.29, 1.82) is 0 Å². The van der Waals surface area contributed by atoms with Gasteiger partial charge in [-0.15, -0.1) is 0 Å². The number of anilines is 1. The third-order valence-corrected chi connectivity index (χ3v) is 6.88. The normalized spacial score (nSPS) is 11.9. The van der Waals surface area contributed by atoms with E-state index in [-0.39, 0.29) is 12.2 Å². The fourth-order valence-corrected chi connectivity index (χ4v) is 4.48. The molecule has 170 valence electrons. The predicted molar refractivity (Wildman–Crippen MR) is 119 cm³/mol. The molecule has 5 nitrogen and oxygen atoms in total. The fraction of sp³-hybridized carbons (Fsp3) is 0.316. The fourth-order valence-electron chi connectivity index (χ4n) is 2.51. The van der Waals surface area contributed by atoms with Crippen molar-refractivity contribution in [2.24, 2.45) is 0 Å². The van der Waals surface area contributed by atoms with Crippen molar-refractivity contribution < 1.29 is 26.4 Å². The van der Waals surface area contributed by atoms with Gasteiger partial charge in [-0.05, 0) is 35.9 Å². The third kappa shape index (κ3) is 8.10. The maximum atomic E-state index is 12.9. The molecule has 0 atom stereocenters. The quantitative estimate of drug-likeness (QED) is 0.486. The number of nitrogens with one attached hydrogen (secondary N) is 1. The van der Waals surface area contributed by atoms with Gasteiger partial charge in [0.15, 0.2) is 0 Å². The Morgan fingerprint density at radius 3 is 2.45 bits per heavy atom. The summed E-state index contributed by atoms with van der Waals surface area (Å²) in [7, 11) is -3.98. The Kier molecular flexibility index (Phi) is 8.93. The summed E-state index contributed by atoms with van der Waals surface area (Å²) in [5, 5.41) is 3.48. The zero-order valence-electron chi connectivity index (χ0n) is 16.2. The van der Waals surface area contributed by atoms with E-state index < -0.39 is 34.2 Å². The summed E-state index contributed by atoms with van der Waals surface area (Å²) in [6.45, 7) is -0.372. The zero-order valence-corrected chi connectivity index (χ0v) is 19.4. The van der Waals surface area contributed by atoms with Gasteiger partial charge in [0, 0.05) is 18.1 Å². The summed E-state index contributed by atoms with van der Waals surface area (Å²) in [6.07, 6.45) is -3.80. The van der Waals surface area contributed by atoms with Crippen molar-refractivity contribution in [3.8, 4) is 0 Å². The number of amides is 1. The van der Waals surface area contributed by atoms with E-state index in [2.05, 4.69) is 5.32 Å². The maximum absolute atomic E-state index is 12.9. The first-order chi connectivity index (χ1) is 14.4. The molecule has 0 unspecified atom stereocenters. The molecule has 0 aliphatic rings. The average Bonchev–Trinajstić information content (AvgIpc) is 2.67. The monoisotopic (exact) mass is 514 g/mol. The molecule has 0 spiro atoms. The Morgan fingerprint density at radius 2 is 1.84 bits per heavy atom. The van der Waals surface area contributed by atoms with Crippen LogP contribution >= 0.6 is 35.0 Å². The van der Waals surface area contributed by atoms with Gasteiger partial charge in [-0.2, -0.15) is 24.9 Å². The average molecular weight is 515 g/mol. The minimum atomic E-state index is -4.63. The van der Waals surface area contributed by atoms with Crippen LogP contribution in [0.3, 0.4) is 0 Å². The molecule has 0 fully saturated rings. The second-order valence-corrected chi connectivity index (χ2v) is 10.3. The van der Waals surface area contributed by atoms with Gasteiger partial charge in [0.1, 0.15) is 6.54 Å². The van der Waals surface area contributed by atoms with Crippen molar-refractivity contribution in [3.63, 3.8) is 0 Å². The predicted octanol–water partition coefficient (Wildman–Crippen LogP) is 4.83. The van der Waals surface area contributed by atoms with Crippen molar-refractivity contribution >= 4 is 56.6 Å². The Morgan fingerprint density at radius 1 is 1.13 bits per heavy atom. The van der Waals surface area contributed by atoms with Crippen LogP contribution in [-0.2, 0) is 26.7 Å². The Hall–Kier alpha value is -1.62. The second-order valence-electron chi connectivity index (χ2n) is 6.47. The zero-order chi connectivity index (χ0) is 23.2. The van der Waals surface area contributed by atoms with Crippen LogP contribution in [0, 0.1) is 0 Å². The van der Waals surface area contributed by atoms with E-state index >= 15 is 0 Å². The van der Waals surface area contributed by atoms with Gasteiger partial charge in [0.2, 0.25) is 15.9 Å². The number of carbonyl (C=O) groups is 1. The third-order valence-electron chi connectivity index (χ3n) is 3.97. The lowest BCUT2D eigenvalue weighted by Crippen LogP contribution is -2.41. The van der Waals surface area contributed by atoms with Gasteiger partial charge in [-0.1, -0.05) is 35.3 Å². The number of rotatable bonds is 9. The topological polar surface area (TPSA) is 66.5 Å². The Bertz CT molecular complexity index is 1030. The van der Waals surface area contributed by atoms with Gasteiger partial charge in [0.25, 0.3) is 0 Å². The van der Waals surface area contributed by atoms with Crippen LogP contribution in [0.4, 0.5) is 18.9 Å². The molecular formula is C19H19Cl2F3N2O3S2. The van der Waals surface area contributed by atoms with Gasteiger partial charge in [-0.25, -0.2) is 8.42 Å². The number of hydrogen-bond acceptors (Lipinski definition) is 4. The summed E-state index contributed by atoms with van der Waals surface area (Å²) < 4.78 is 63.5. The van der Waals surface area contributed by atoms with E-state index in [0.717, 1.165) is 24.0 Å². The lowest BCUT2D eigenvalue weighted by Gasteiger charge is -2.22. The Labute approximate surface area is 193 Å². The number of benzene rings is 2. The van der Waals surface area contributed by atoms with Crippen LogP contribution in [0.25, 0.3) is 0 Å². The Balaban J connectivity index is 1.91. The van der Waals surface area contributed by atoms with Crippen molar-refractivity contribution in [3.05, 3.63) is 63.6 Å².